The van der Waals surface area contributed by atoms with E-state index in [0.29, 0.717) is 0 Å². The average Bonchev–Trinajstić information content (AvgIpc) is 3.16. The third kappa shape index (κ3) is 6.26. The molecule has 0 radical (unpaired) electrons. The summed E-state index contributed by atoms with van der Waals surface area (Å²) in [6.45, 7) is 6.45. The number of rotatable bonds is 11. The van der Waals surface area contributed by atoms with Gasteiger partial charge in [-0.3, -0.25) is 0 Å². The number of hydrogen-bond donors (Lipinski definition) is 1. The van der Waals surface area contributed by atoms with E-state index in [9.17, 15) is 8.42 Å². The molecule has 4 heteroatoms. The lowest BCUT2D eigenvalue weighted by Gasteiger charge is -2.31. The van der Waals surface area contributed by atoms with Crippen LogP contribution in [0.3, 0.4) is 0 Å². The van der Waals surface area contributed by atoms with Gasteiger partial charge in [0, 0.05) is 5.54 Å². The van der Waals surface area contributed by atoms with Gasteiger partial charge in [0.1, 0.15) is 0 Å². The first-order chi connectivity index (χ1) is 8.93. The summed E-state index contributed by atoms with van der Waals surface area (Å²) < 4.78 is 27.3. The van der Waals surface area contributed by atoms with Crippen LogP contribution in [0.1, 0.15) is 85.0 Å². The van der Waals surface area contributed by atoms with Crippen molar-refractivity contribution in [2.24, 2.45) is 0 Å². The minimum Gasteiger partial charge on any atom is -0.212 e. The lowest BCUT2D eigenvalue weighted by Crippen LogP contribution is -2.47. The first kappa shape index (κ1) is 17.0. The summed E-state index contributed by atoms with van der Waals surface area (Å²) >= 11 is 0. The Morgan fingerprint density at radius 2 is 1.58 bits per heavy atom. The number of nitrogens with one attached hydrogen (secondary N) is 1. The maximum atomic E-state index is 12.1. The molecule has 1 saturated carbocycles. The smallest absolute Gasteiger partial charge is 0.212 e. The Labute approximate surface area is 119 Å². The third-order valence-electron chi connectivity index (χ3n) is 4.02. The van der Waals surface area contributed by atoms with Crippen molar-refractivity contribution in [3.63, 3.8) is 0 Å². The second-order valence-electron chi connectivity index (χ2n) is 6.32. The molecule has 1 rings (SSSR count). The highest BCUT2D eigenvalue weighted by atomic mass is 32.2. The van der Waals surface area contributed by atoms with Crippen molar-refractivity contribution < 1.29 is 8.42 Å². The normalized spacial score (nSPS) is 19.3. The molecule has 1 atom stereocenters. The maximum absolute atomic E-state index is 12.1. The van der Waals surface area contributed by atoms with E-state index < -0.39 is 10.0 Å². The Bertz CT molecular complexity index is 349. The van der Waals surface area contributed by atoms with Crippen molar-refractivity contribution in [2.45, 2.75) is 95.8 Å². The molecule has 0 aliphatic heterocycles. The Morgan fingerprint density at radius 3 is 2.11 bits per heavy atom. The Kier molecular flexibility index (Phi) is 6.81. The van der Waals surface area contributed by atoms with Gasteiger partial charge in [0.15, 0.2) is 0 Å². The maximum Gasteiger partial charge on any atom is 0.214 e. The van der Waals surface area contributed by atoms with Crippen LogP contribution in [0.15, 0.2) is 0 Å². The van der Waals surface area contributed by atoms with E-state index in [0.717, 1.165) is 44.9 Å². The van der Waals surface area contributed by atoms with Gasteiger partial charge in [-0.05, 0) is 32.6 Å². The van der Waals surface area contributed by atoms with Gasteiger partial charge in [-0.2, -0.15) is 0 Å². The number of sulfonamides is 1. The Hall–Kier alpha value is -0.0900. The molecule has 0 heterocycles. The zero-order chi connectivity index (χ0) is 14.4. The molecule has 0 aromatic carbocycles. The monoisotopic (exact) mass is 289 g/mol. The van der Waals surface area contributed by atoms with E-state index in [4.69, 9.17) is 0 Å². The quantitative estimate of drug-likeness (QED) is 0.585. The van der Waals surface area contributed by atoms with Gasteiger partial charge in [0.25, 0.3) is 0 Å². The predicted molar refractivity (Wildman–Crippen MR) is 81.8 cm³/mol. The molecular weight excluding hydrogens is 258 g/mol. The van der Waals surface area contributed by atoms with Crippen LogP contribution in [0.25, 0.3) is 0 Å². The second-order valence-corrected chi connectivity index (χ2v) is 8.28. The first-order valence-corrected chi connectivity index (χ1v) is 9.51. The molecule has 3 nitrogen and oxygen atoms in total. The summed E-state index contributed by atoms with van der Waals surface area (Å²) in [6.07, 6.45) is 10.6. The fourth-order valence-corrected chi connectivity index (χ4v) is 4.36. The molecule has 19 heavy (non-hydrogen) atoms. The minimum atomic E-state index is -3.07. The van der Waals surface area contributed by atoms with Gasteiger partial charge in [-0.1, -0.05) is 52.4 Å². The lowest BCUT2D eigenvalue weighted by atomic mass is 9.90. The average molecular weight is 289 g/mol. The Morgan fingerprint density at radius 1 is 1.00 bits per heavy atom. The highest BCUT2D eigenvalue weighted by Crippen LogP contribution is 2.31. The van der Waals surface area contributed by atoms with Crippen LogP contribution in [0.4, 0.5) is 0 Å². The van der Waals surface area contributed by atoms with E-state index >= 15 is 0 Å². The first-order valence-electron chi connectivity index (χ1n) is 7.96. The van der Waals surface area contributed by atoms with Crippen molar-refractivity contribution in [1.82, 2.24) is 4.72 Å². The molecule has 0 amide bonds. The molecule has 1 N–H and O–H groups in total. The molecule has 0 spiro atoms. The summed E-state index contributed by atoms with van der Waals surface area (Å²) in [4.78, 5) is 0. The zero-order valence-corrected chi connectivity index (χ0v) is 13.7. The van der Waals surface area contributed by atoms with Crippen LogP contribution >= 0.6 is 0 Å². The van der Waals surface area contributed by atoms with Gasteiger partial charge in [0.2, 0.25) is 10.0 Å². The van der Waals surface area contributed by atoms with Crippen LogP contribution in [0.2, 0.25) is 0 Å². The van der Waals surface area contributed by atoms with E-state index in [1.165, 1.54) is 19.3 Å². The summed E-state index contributed by atoms with van der Waals surface area (Å²) in [5.41, 5.74) is -0.231. The van der Waals surface area contributed by atoms with E-state index in [1.54, 1.807) is 0 Å². The van der Waals surface area contributed by atoms with E-state index in [-0.39, 0.29) is 10.8 Å². The van der Waals surface area contributed by atoms with Crippen LogP contribution in [-0.4, -0.2) is 19.2 Å². The molecule has 0 aromatic rings. The van der Waals surface area contributed by atoms with Crippen molar-refractivity contribution in [2.75, 3.05) is 0 Å². The number of unbranched alkanes of at least 4 members (excludes halogenated alkanes) is 4. The van der Waals surface area contributed by atoms with Crippen molar-refractivity contribution in [3.05, 3.63) is 0 Å². The van der Waals surface area contributed by atoms with Gasteiger partial charge in [-0.25, -0.2) is 13.1 Å². The highest BCUT2D eigenvalue weighted by molar-refractivity contribution is 7.90. The third-order valence-corrected chi connectivity index (χ3v) is 6.14. The molecule has 1 unspecified atom stereocenters. The molecule has 0 bridgehead atoms. The van der Waals surface area contributed by atoms with Gasteiger partial charge in [0.05, 0.1) is 5.25 Å². The van der Waals surface area contributed by atoms with Crippen LogP contribution in [0, 0.1) is 0 Å². The zero-order valence-electron chi connectivity index (χ0n) is 12.9. The molecular formula is C15H31NO2S. The van der Waals surface area contributed by atoms with Gasteiger partial charge in [-0.15, -0.1) is 0 Å². The molecule has 0 aromatic heterocycles. The molecule has 114 valence electrons. The molecule has 0 saturated heterocycles. The fourth-order valence-electron chi connectivity index (χ4n) is 2.54. The standard InChI is InChI=1S/C15H31NO2S/c1-4-6-8-9-13-15(3,12-7-5-2)16-19(17,18)14-10-11-14/h14,16H,4-13H2,1-3H3. The van der Waals surface area contributed by atoms with Gasteiger partial charge >= 0.3 is 0 Å². The second kappa shape index (κ2) is 7.63. The predicted octanol–water partition coefficient (Wildman–Crippen LogP) is 3.99. The molecule has 1 fully saturated rings. The van der Waals surface area contributed by atoms with Crippen molar-refractivity contribution in [3.8, 4) is 0 Å². The SMILES string of the molecule is CCCCCCC(C)(CCCC)NS(=O)(=O)C1CC1. The summed E-state index contributed by atoms with van der Waals surface area (Å²) in [6, 6.07) is 0. The van der Waals surface area contributed by atoms with Gasteiger partial charge < -0.3 is 0 Å². The summed E-state index contributed by atoms with van der Waals surface area (Å²) in [7, 11) is -3.07. The lowest BCUT2D eigenvalue weighted by molar-refractivity contribution is 0.335. The van der Waals surface area contributed by atoms with Crippen LogP contribution in [0.5, 0.6) is 0 Å². The summed E-state index contributed by atoms with van der Waals surface area (Å²) in [5.74, 6) is 0. The van der Waals surface area contributed by atoms with Crippen LogP contribution in [-0.2, 0) is 10.0 Å². The molecule has 1 aliphatic carbocycles. The summed E-state index contributed by atoms with van der Waals surface area (Å²) in [5, 5.41) is -0.107. The van der Waals surface area contributed by atoms with E-state index in [1.807, 2.05) is 0 Å². The minimum absolute atomic E-state index is 0.107. The van der Waals surface area contributed by atoms with Crippen molar-refractivity contribution in [1.29, 1.82) is 0 Å². The highest BCUT2D eigenvalue weighted by Gasteiger charge is 2.39. The van der Waals surface area contributed by atoms with Crippen LogP contribution < -0.4 is 4.72 Å². The van der Waals surface area contributed by atoms with E-state index in [2.05, 4.69) is 25.5 Å². The largest absolute Gasteiger partial charge is 0.214 e. The fraction of sp³-hybridized carbons (Fsp3) is 1.00. The Balaban J connectivity index is 2.52. The molecule has 1 aliphatic rings. The van der Waals surface area contributed by atoms with Crippen molar-refractivity contribution >= 4 is 10.0 Å². The number of hydrogen-bond acceptors (Lipinski definition) is 2. The topological polar surface area (TPSA) is 46.2 Å².